The van der Waals surface area contributed by atoms with Crippen LogP contribution < -0.4 is 5.32 Å². The summed E-state index contributed by atoms with van der Waals surface area (Å²) < 4.78 is 1.19. The summed E-state index contributed by atoms with van der Waals surface area (Å²) in [6, 6.07) is 8.80. The molecule has 20 heavy (non-hydrogen) atoms. The normalized spacial score (nSPS) is 14.2. The van der Waals surface area contributed by atoms with Gasteiger partial charge in [0.15, 0.2) is 0 Å². The van der Waals surface area contributed by atoms with Crippen molar-refractivity contribution in [2.24, 2.45) is 5.41 Å². The van der Waals surface area contributed by atoms with Crippen molar-refractivity contribution >= 4 is 15.9 Å². The quantitative estimate of drug-likeness (QED) is 0.549. The largest absolute Gasteiger partial charge is 0.316 e. The van der Waals surface area contributed by atoms with Crippen LogP contribution in [0.15, 0.2) is 28.7 Å². The Labute approximate surface area is 133 Å². The van der Waals surface area contributed by atoms with Gasteiger partial charge in [0.1, 0.15) is 0 Å². The molecule has 1 N–H and O–H groups in total. The molecular formula is C18H30BrN. The third-order valence-corrected chi connectivity index (χ3v) is 4.70. The molecule has 0 aliphatic rings. The standard InChI is InChI=1S/C18H30BrN/c1-4-7-11-18(6-3,15-20-12-5-2)14-16-9-8-10-17(19)13-16/h8-10,13,20H,4-7,11-12,14-15H2,1-3H3. The summed E-state index contributed by atoms with van der Waals surface area (Å²) in [5, 5.41) is 3.66. The molecule has 1 atom stereocenters. The predicted molar refractivity (Wildman–Crippen MR) is 93.3 cm³/mol. The molecule has 114 valence electrons. The smallest absolute Gasteiger partial charge is 0.0177 e. The highest BCUT2D eigenvalue weighted by Crippen LogP contribution is 2.33. The molecule has 2 heteroatoms. The van der Waals surface area contributed by atoms with Crippen molar-refractivity contribution in [2.75, 3.05) is 13.1 Å². The van der Waals surface area contributed by atoms with E-state index in [9.17, 15) is 0 Å². The van der Waals surface area contributed by atoms with Crippen LogP contribution in [-0.2, 0) is 6.42 Å². The summed E-state index contributed by atoms with van der Waals surface area (Å²) in [5.41, 5.74) is 1.86. The average molecular weight is 340 g/mol. The Hall–Kier alpha value is -0.340. The summed E-state index contributed by atoms with van der Waals surface area (Å²) in [5.74, 6) is 0. The molecule has 0 bridgehead atoms. The van der Waals surface area contributed by atoms with Crippen molar-refractivity contribution in [1.82, 2.24) is 5.32 Å². The first-order chi connectivity index (χ1) is 9.65. The Bertz CT molecular complexity index is 377. The molecule has 0 heterocycles. The van der Waals surface area contributed by atoms with Crippen LogP contribution >= 0.6 is 15.9 Å². The summed E-state index contributed by atoms with van der Waals surface area (Å²) >= 11 is 3.59. The Balaban J connectivity index is 2.78. The minimum atomic E-state index is 0.409. The minimum absolute atomic E-state index is 0.409. The number of unbranched alkanes of at least 4 members (excludes halogenated alkanes) is 1. The molecule has 0 saturated carbocycles. The molecule has 0 fully saturated rings. The summed E-state index contributed by atoms with van der Waals surface area (Å²) in [7, 11) is 0. The third kappa shape index (κ3) is 5.97. The topological polar surface area (TPSA) is 12.0 Å². The lowest BCUT2D eigenvalue weighted by Crippen LogP contribution is -2.36. The fourth-order valence-electron chi connectivity index (χ4n) is 2.83. The van der Waals surface area contributed by atoms with Crippen LogP contribution in [0.4, 0.5) is 0 Å². The van der Waals surface area contributed by atoms with Gasteiger partial charge in [-0.25, -0.2) is 0 Å². The zero-order chi connectivity index (χ0) is 14.8. The van der Waals surface area contributed by atoms with Crippen LogP contribution in [0.5, 0.6) is 0 Å². The molecule has 1 nitrogen and oxygen atoms in total. The lowest BCUT2D eigenvalue weighted by atomic mass is 9.75. The van der Waals surface area contributed by atoms with E-state index in [1.165, 1.54) is 48.6 Å². The lowest BCUT2D eigenvalue weighted by molar-refractivity contribution is 0.229. The van der Waals surface area contributed by atoms with Gasteiger partial charge in [0.2, 0.25) is 0 Å². The molecule has 1 unspecified atom stereocenters. The molecule has 0 aromatic heterocycles. The van der Waals surface area contributed by atoms with Crippen molar-refractivity contribution in [3.63, 3.8) is 0 Å². The van der Waals surface area contributed by atoms with Gasteiger partial charge in [0.05, 0.1) is 0 Å². The highest BCUT2D eigenvalue weighted by molar-refractivity contribution is 9.10. The van der Waals surface area contributed by atoms with Gasteiger partial charge >= 0.3 is 0 Å². The maximum Gasteiger partial charge on any atom is 0.0177 e. The number of hydrogen-bond donors (Lipinski definition) is 1. The van der Waals surface area contributed by atoms with Crippen molar-refractivity contribution in [2.45, 2.75) is 59.3 Å². The van der Waals surface area contributed by atoms with E-state index in [0.29, 0.717) is 5.41 Å². The number of halogens is 1. The number of rotatable bonds is 10. The zero-order valence-electron chi connectivity index (χ0n) is 13.3. The van der Waals surface area contributed by atoms with Crippen LogP contribution in [0, 0.1) is 5.41 Å². The average Bonchev–Trinajstić information content (AvgIpc) is 2.45. The van der Waals surface area contributed by atoms with Crippen molar-refractivity contribution in [3.05, 3.63) is 34.3 Å². The van der Waals surface area contributed by atoms with Crippen LogP contribution in [-0.4, -0.2) is 13.1 Å². The summed E-state index contributed by atoms with van der Waals surface area (Å²) in [6.07, 6.45) is 7.58. The number of nitrogens with one attached hydrogen (secondary N) is 1. The van der Waals surface area contributed by atoms with Crippen molar-refractivity contribution < 1.29 is 0 Å². The van der Waals surface area contributed by atoms with Crippen LogP contribution in [0.3, 0.4) is 0 Å². The Morgan fingerprint density at radius 3 is 2.55 bits per heavy atom. The van der Waals surface area contributed by atoms with Crippen LogP contribution in [0.2, 0.25) is 0 Å². The first-order valence-electron chi connectivity index (χ1n) is 8.11. The lowest BCUT2D eigenvalue weighted by Gasteiger charge is -2.34. The molecule has 0 spiro atoms. The minimum Gasteiger partial charge on any atom is -0.316 e. The van der Waals surface area contributed by atoms with Gasteiger partial charge in [-0.2, -0.15) is 0 Å². The molecule has 0 aliphatic heterocycles. The Morgan fingerprint density at radius 1 is 1.15 bits per heavy atom. The Kier molecular flexibility index (Phi) is 8.47. The van der Waals surface area contributed by atoms with E-state index >= 15 is 0 Å². The highest BCUT2D eigenvalue weighted by atomic mass is 79.9. The molecule has 0 saturated heterocycles. The maximum absolute atomic E-state index is 3.66. The molecule has 1 rings (SSSR count). The van der Waals surface area contributed by atoms with Gasteiger partial charge < -0.3 is 5.32 Å². The molecule has 0 radical (unpaired) electrons. The van der Waals surface area contributed by atoms with Gasteiger partial charge in [-0.05, 0) is 55.3 Å². The summed E-state index contributed by atoms with van der Waals surface area (Å²) in [4.78, 5) is 0. The molecule has 1 aromatic carbocycles. The van der Waals surface area contributed by atoms with E-state index in [0.717, 1.165) is 13.1 Å². The second kappa shape index (κ2) is 9.57. The van der Waals surface area contributed by atoms with Crippen molar-refractivity contribution in [1.29, 1.82) is 0 Å². The third-order valence-electron chi connectivity index (χ3n) is 4.21. The van der Waals surface area contributed by atoms with E-state index < -0.39 is 0 Å². The van der Waals surface area contributed by atoms with E-state index in [-0.39, 0.29) is 0 Å². The zero-order valence-corrected chi connectivity index (χ0v) is 14.9. The van der Waals surface area contributed by atoms with Crippen LogP contribution in [0.1, 0.15) is 58.4 Å². The monoisotopic (exact) mass is 339 g/mol. The molecule has 0 aliphatic carbocycles. The van der Waals surface area contributed by atoms with E-state index in [2.05, 4.69) is 66.3 Å². The fourth-order valence-corrected chi connectivity index (χ4v) is 3.27. The van der Waals surface area contributed by atoms with Crippen molar-refractivity contribution in [3.8, 4) is 0 Å². The van der Waals surface area contributed by atoms with Gasteiger partial charge in [-0.1, -0.05) is 61.7 Å². The second-order valence-electron chi connectivity index (χ2n) is 5.94. The molecular weight excluding hydrogens is 310 g/mol. The van der Waals surface area contributed by atoms with Gasteiger partial charge in [-0.15, -0.1) is 0 Å². The van der Waals surface area contributed by atoms with E-state index in [1.807, 2.05) is 0 Å². The van der Waals surface area contributed by atoms with Crippen LogP contribution in [0.25, 0.3) is 0 Å². The SMILES string of the molecule is CCCCC(CC)(CNCCC)Cc1cccc(Br)c1. The first kappa shape index (κ1) is 17.7. The van der Waals surface area contributed by atoms with Gasteiger partial charge in [0, 0.05) is 11.0 Å². The van der Waals surface area contributed by atoms with E-state index in [1.54, 1.807) is 0 Å². The second-order valence-corrected chi connectivity index (χ2v) is 6.86. The molecule has 0 amide bonds. The first-order valence-corrected chi connectivity index (χ1v) is 8.90. The van der Waals surface area contributed by atoms with E-state index in [4.69, 9.17) is 0 Å². The Morgan fingerprint density at radius 2 is 1.95 bits per heavy atom. The molecule has 1 aromatic rings. The van der Waals surface area contributed by atoms with Gasteiger partial charge in [0.25, 0.3) is 0 Å². The number of benzene rings is 1. The summed E-state index contributed by atoms with van der Waals surface area (Å²) in [6.45, 7) is 9.15. The highest BCUT2D eigenvalue weighted by Gasteiger charge is 2.27. The predicted octanol–water partition coefficient (Wildman–Crippen LogP) is 5.58. The fraction of sp³-hybridized carbons (Fsp3) is 0.667. The van der Waals surface area contributed by atoms with Gasteiger partial charge in [-0.3, -0.25) is 0 Å². The maximum atomic E-state index is 3.66. The number of hydrogen-bond acceptors (Lipinski definition) is 1.